The number of piperidine rings is 1. The van der Waals surface area contributed by atoms with E-state index in [4.69, 9.17) is 5.11 Å². The minimum atomic E-state index is -0.771. The number of hydrogen-bond donors (Lipinski definition) is 2. The summed E-state index contributed by atoms with van der Waals surface area (Å²) in [5.41, 5.74) is 0. The number of urea groups is 1. The molecule has 1 fully saturated rings. The van der Waals surface area contributed by atoms with Crippen molar-refractivity contribution < 1.29 is 14.7 Å². The summed E-state index contributed by atoms with van der Waals surface area (Å²) in [6, 6.07) is -0.190. The molecule has 2 heterocycles. The highest BCUT2D eigenvalue weighted by Crippen LogP contribution is 2.21. The molecular formula is C11H16N4O3S. The summed E-state index contributed by atoms with van der Waals surface area (Å²) in [5.74, 6) is 0.0398. The number of nitrogens with zero attached hydrogens (tertiary/aromatic N) is 3. The van der Waals surface area contributed by atoms with E-state index < -0.39 is 5.97 Å². The molecule has 0 unspecified atom stereocenters. The lowest BCUT2D eigenvalue weighted by Gasteiger charge is -2.30. The number of rotatable bonds is 3. The van der Waals surface area contributed by atoms with Gasteiger partial charge in [0.25, 0.3) is 0 Å². The van der Waals surface area contributed by atoms with Gasteiger partial charge in [-0.15, -0.1) is 0 Å². The van der Waals surface area contributed by atoms with Crippen LogP contribution < -0.4 is 5.32 Å². The third-order valence-electron chi connectivity index (χ3n) is 3.11. The molecule has 2 rings (SSSR count). The highest BCUT2D eigenvalue weighted by Gasteiger charge is 2.24. The number of anilines is 1. The predicted octanol–water partition coefficient (Wildman–Crippen LogP) is 1.57. The topological polar surface area (TPSA) is 95.4 Å². The lowest BCUT2D eigenvalue weighted by Crippen LogP contribution is -2.41. The number of hydrogen-bond acceptors (Lipinski definition) is 5. The molecule has 8 heteroatoms. The van der Waals surface area contributed by atoms with E-state index in [-0.39, 0.29) is 18.4 Å². The summed E-state index contributed by atoms with van der Waals surface area (Å²) in [4.78, 5) is 28.3. The molecule has 1 aromatic rings. The molecule has 2 amide bonds. The second-order valence-electron chi connectivity index (χ2n) is 4.61. The first-order valence-electron chi connectivity index (χ1n) is 6.12. The molecule has 2 N–H and O–H groups in total. The Morgan fingerprint density at radius 3 is 2.68 bits per heavy atom. The van der Waals surface area contributed by atoms with E-state index in [1.54, 1.807) is 11.8 Å². The second kappa shape index (κ2) is 5.96. The van der Waals surface area contributed by atoms with Gasteiger partial charge in [0.2, 0.25) is 5.13 Å². The Hall–Kier alpha value is -1.70. The SMILES string of the molecule is Cc1nsc(NC(=O)N2CCC(CC(=O)O)CC2)n1. The van der Waals surface area contributed by atoms with Crippen LogP contribution in [0.3, 0.4) is 0 Å². The summed E-state index contributed by atoms with van der Waals surface area (Å²) in [6.45, 7) is 2.94. The van der Waals surface area contributed by atoms with E-state index in [2.05, 4.69) is 14.7 Å². The summed E-state index contributed by atoms with van der Waals surface area (Å²) < 4.78 is 3.99. The molecule has 104 valence electrons. The Labute approximate surface area is 114 Å². The van der Waals surface area contributed by atoms with Gasteiger partial charge in [-0.2, -0.15) is 4.37 Å². The maximum atomic E-state index is 11.9. The molecule has 19 heavy (non-hydrogen) atoms. The monoisotopic (exact) mass is 284 g/mol. The molecule has 0 spiro atoms. The Morgan fingerprint density at radius 2 is 2.16 bits per heavy atom. The average molecular weight is 284 g/mol. The van der Waals surface area contributed by atoms with Crippen LogP contribution in [0.4, 0.5) is 9.93 Å². The van der Waals surface area contributed by atoms with Gasteiger partial charge in [0.1, 0.15) is 5.82 Å². The Bertz CT molecular complexity index is 468. The molecule has 1 aliphatic heterocycles. The van der Waals surface area contributed by atoms with Gasteiger partial charge in [0.15, 0.2) is 0 Å². The number of nitrogens with one attached hydrogen (secondary N) is 1. The number of carboxylic acids is 1. The Morgan fingerprint density at radius 1 is 1.47 bits per heavy atom. The summed E-state index contributed by atoms with van der Waals surface area (Å²) in [6.07, 6.45) is 1.65. The number of carboxylic acid groups (broad SMARTS) is 1. The van der Waals surface area contributed by atoms with Gasteiger partial charge in [-0.05, 0) is 25.7 Å². The van der Waals surface area contributed by atoms with Crippen molar-refractivity contribution >= 4 is 28.7 Å². The smallest absolute Gasteiger partial charge is 0.323 e. The largest absolute Gasteiger partial charge is 0.481 e. The maximum absolute atomic E-state index is 11.9. The fourth-order valence-electron chi connectivity index (χ4n) is 2.11. The molecule has 1 saturated heterocycles. The Kier molecular flexibility index (Phi) is 4.31. The van der Waals surface area contributed by atoms with Crippen LogP contribution in [-0.4, -0.2) is 44.5 Å². The zero-order valence-electron chi connectivity index (χ0n) is 10.6. The van der Waals surface area contributed by atoms with Crippen LogP contribution in [-0.2, 0) is 4.79 Å². The van der Waals surface area contributed by atoms with Crippen LogP contribution in [0.25, 0.3) is 0 Å². The van der Waals surface area contributed by atoms with Crippen molar-refractivity contribution in [3.63, 3.8) is 0 Å². The third kappa shape index (κ3) is 3.88. The zero-order valence-corrected chi connectivity index (χ0v) is 11.4. The normalized spacial score (nSPS) is 16.4. The van der Waals surface area contributed by atoms with Crippen molar-refractivity contribution in [1.82, 2.24) is 14.3 Å². The van der Waals surface area contributed by atoms with E-state index in [1.807, 2.05) is 0 Å². The van der Waals surface area contributed by atoms with E-state index in [0.717, 1.165) is 24.4 Å². The molecule has 0 atom stereocenters. The fourth-order valence-corrected chi connectivity index (χ4v) is 2.67. The molecule has 0 radical (unpaired) electrons. The summed E-state index contributed by atoms with van der Waals surface area (Å²) in [5, 5.41) is 11.9. The van der Waals surface area contributed by atoms with Crippen LogP contribution >= 0.6 is 11.5 Å². The van der Waals surface area contributed by atoms with Gasteiger partial charge in [0, 0.05) is 31.0 Å². The van der Waals surface area contributed by atoms with Crippen molar-refractivity contribution in [2.24, 2.45) is 5.92 Å². The predicted molar refractivity (Wildman–Crippen MR) is 70.2 cm³/mol. The van der Waals surface area contributed by atoms with Gasteiger partial charge in [0.05, 0.1) is 0 Å². The molecule has 1 aliphatic rings. The van der Waals surface area contributed by atoms with Crippen molar-refractivity contribution in [3.05, 3.63) is 5.82 Å². The van der Waals surface area contributed by atoms with Gasteiger partial charge < -0.3 is 10.0 Å². The van der Waals surface area contributed by atoms with Gasteiger partial charge in [-0.25, -0.2) is 9.78 Å². The molecule has 0 saturated carbocycles. The van der Waals surface area contributed by atoms with Crippen LogP contribution in [0.1, 0.15) is 25.1 Å². The summed E-state index contributed by atoms with van der Waals surface area (Å²) >= 11 is 1.15. The second-order valence-corrected chi connectivity index (χ2v) is 5.36. The van der Waals surface area contributed by atoms with Crippen LogP contribution in [0.5, 0.6) is 0 Å². The van der Waals surface area contributed by atoms with E-state index in [1.165, 1.54) is 0 Å². The van der Waals surface area contributed by atoms with Crippen molar-refractivity contribution in [2.45, 2.75) is 26.2 Å². The number of carbonyl (C=O) groups is 2. The minimum absolute atomic E-state index is 0.172. The van der Waals surface area contributed by atoms with Crippen molar-refractivity contribution in [2.75, 3.05) is 18.4 Å². The molecule has 1 aromatic heterocycles. The lowest BCUT2D eigenvalue weighted by molar-refractivity contribution is -0.138. The van der Waals surface area contributed by atoms with Crippen LogP contribution in [0.2, 0.25) is 0 Å². The molecular weight excluding hydrogens is 268 g/mol. The first-order chi connectivity index (χ1) is 9.04. The van der Waals surface area contributed by atoms with E-state index in [0.29, 0.717) is 24.0 Å². The van der Waals surface area contributed by atoms with Crippen molar-refractivity contribution in [3.8, 4) is 0 Å². The highest BCUT2D eigenvalue weighted by atomic mass is 32.1. The first-order valence-corrected chi connectivity index (χ1v) is 6.90. The number of amides is 2. The summed E-state index contributed by atoms with van der Waals surface area (Å²) in [7, 11) is 0. The van der Waals surface area contributed by atoms with Gasteiger partial charge >= 0.3 is 12.0 Å². The molecule has 0 aliphatic carbocycles. The Balaban J connectivity index is 1.80. The standard InChI is InChI=1S/C11H16N4O3S/c1-7-12-10(19-14-7)13-11(18)15-4-2-8(3-5-15)6-9(16)17/h8H,2-6H2,1H3,(H,16,17)(H,12,13,14,18). The fraction of sp³-hybridized carbons (Fsp3) is 0.636. The van der Waals surface area contributed by atoms with Crippen LogP contribution in [0.15, 0.2) is 0 Å². The maximum Gasteiger partial charge on any atom is 0.323 e. The molecule has 0 bridgehead atoms. The number of aliphatic carboxylic acids is 1. The van der Waals surface area contributed by atoms with Gasteiger partial charge in [-0.1, -0.05) is 0 Å². The van der Waals surface area contributed by atoms with E-state index in [9.17, 15) is 9.59 Å². The highest BCUT2D eigenvalue weighted by molar-refractivity contribution is 7.09. The first kappa shape index (κ1) is 13.7. The minimum Gasteiger partial charge on any atom is -0.481 e. The zero-order chi connectivity index (χ0) is 13.8. The van der Waals surface area contributed by atoms with Gasteiger partial charge in [-0.3, -0.25) is 10.1 Å². The number of carbonyl (C=O) groups excluding carboxylic acids is 1. The molecule has 0 aromatic carbocycles. The van der Waals surface area contributed by atoms with Crippen LogP contribution in [0, 0.1) is 12.8 Å². The van der Waals surface area contributed by atoms with E-state index >= 15 is 0 Å². The molecule has 7 nitrogen and oxygen atoms in total. The lowest BCUT2D eigenvalue weighted by atomic mass is 9.94. The average Bonchev–Trinajstić information content (AvgIpc) is 2.75. The van der Waals surface area contributed by atoms with Crippen molar-refractivity contribution in [1.29, 1.82) is 0 Å². The quantitative estimate of drug-likeness (QED) is 0.878. The third-order valence-corrected chi connectivity index (χ3v) is 3.83. The number of aryl methyl sites for hydroxylation is 1. The number of likely N-dealkylation sites (tertiary alicyclic amines) is 1. The number of aromatic nitrogens is 2.